The SMILES string of the molecule is c1cc2c(c(Nc3nc4ccccc4[nH]3)c1)CCNC2. The summed E-state index contributed by atoms with van der Waals surface area (Å²) >= 11 is 0. The molecule has 0 saturated heterocycles. The van der Waals surface area contributed by atoms with Gasteiger partial charge in [-0.05, 0) is 42.3 Å². The van der Waals surface area contributed by atoms with Gasteiger partial charge in [0, 0.05) is 12.2 Å². The van der Waals surface area contributed by atoms with E-state index in [-0.39, 0.29) is 0 Å². The van der Waals surface area contributed by atoms with Crippen molar-refractivity contribution >= 4 is 22.7 Å². The zero-order chi connectivity index (χ0) is 13.4. The number of nitrogens with one attached hydrogen (secondary N) is 3. The Kier molecular flexibility index (Phi) is 2.67. The number of H-pyrrole nitrogens is 1. The van der Waals surface area contributed by atoms with E-state index in [4.69, 9.17) is 0 Å². The molecule has 0 radical (unpaired) electrons. The van der Waals surface area contributed by atoms with E-state index in [0.29, 0.717) is 0 Å². The van der Waals surface area contributed by atoms with Crippen LogP contribution in [0.1, 0.15) is 11.1 Å². The Morgan fingerprint density at radius 2 is 2.00 bits per heavy atom. The van der Waals surface area contributed by atoms with Gasteiger partial charge < -0.3 is 15.6 Å². The van der Waals surface area contributed by atoms with Gasteiger partial charge in [-0.25, -0.2) is 4.98 Å². The van der Waals surface area contributed by atoms with E-state index in [0.717, 1.165) is 42.2 Å². The first kappa shape index (κ1) is 11.5. The highest BCUT2D eigenvalue weighted by Crippen LogP contribution is 2.26. The van der Waals surface area contributed by atoms with Gasteiger partial charge in [-0.1, -0.05) is 24.3 Å². The monoisotopic (exact) mass is 264 g/mol. The molecule has 3 aromatic rings. The molecule has 0 bridgehead atoms. The third-order valence-electron chi connectivity index (χ3n) is 3.78. The number of rotatable bonds is 2. The molecule has 4 nitrogen and oxygen atoms in total. The van der Waals surface area contributed by atoms with Crippen molar-refractivity contribution in [2.24, 2.45) is 0 Å². The van der Waals surface area contributed by atoms with Crippen LogP contribution in [0.5, 0.6) is 0 Å². The maximum absolute atomic E-state index is 4.57. The van der Waals surface area contributed by atoms with E-state index >= 15 is 0 Å². The molecule has 0 unspecified atom stereocenters. The minimum atomic E-state index is 0.804. The van der Waals surface area contributed by atoms with Crippen LogP contribution in [0.25, 0.3) is 11.0 Å². The number of aromatic amines is 1. The molecule has 4 rings (SSSR count). The fourth-order valence-corrected chi connectivity index (χ4v) is 2.79. The van der Waals surface area contributed by atoms with Crippen molar-refractivity contribution in [2.75, 3.05) is 11.9 Å². The molecular weight excluding hydrogens is 248 g/mol. The summed E-state index contributed by atoms with van der Waals surface area (Å²) in [7, 11) is 0. The zero-order valence-corrected chi connectivity index (χ0v) is 11.1. The van der Waals surface area contributed by atoms with Gasteiger partial charge in [0.15, 0.2) is 0 Å². The second-order valence-corrected chi connectivity index (χ2v) is 5.10. The van der Waals surface area contributed by atoms with E-state index in [2.05, 4.69) is 38.8 Å². The van der Waals surface area contributed by atoms with Crippen molar-refractivity contribution in [1.29, 1.82) is 0 Å². The molecule has 0 aliphatic carbocycles. The lowest BCUT2D eigenvalue weighted by molar-refractivity contribution is 0.645. The van der Waals surface area contributed by atoms with Crippen molar-refractivity contribution in [3.05, 3.63) is 53.6 Å². The van der Waals surface area contributed by atoms with E-state index in [9.17, 15) is 0 Å². The quantitative estimate of drug-likeness (QED) is 0.667. The third kappa shape index (κ3) is 1.94. The summed E-state index contributed by atoms with van der Waals surface area (Å²) in [4.78, 5) is 7.89. The average Bonchev–Trinajstić information content (AvgIpc) is 2.90. The molecule has 100 valence electrons. The highest BCUT2D eigenvalue weighted by molar-refractivity contribution is 5.78. The van der Waals surface area contributed by atoms with Gasteiger partial charge in [0.05, 0.1) is 11.0 Å². The summed E-state index contributed by atoms with van der Waals surface area (Å²) < 4.78 is 0. The van der Waals surface area contributed by atoms with E-state index in [1.165, 1.54) is 11.1 Å². The van der Waals surface area contributed by atoms with E-state index in [1.807, 2.05) is 24.3 Å². The van der Waals surface area contributed by atoms with Gasteiger partial charge in [0.1, 0.15) is 0 Å². The lowest BCUT2D eigenvalue weighted by Gasteiger charge is -2.20. The van der Waals surface area contributed by atoms with Crippen molar-refractivity contribution in [1.82, 2.24) is 15.3 Å². The third-order valence-corrected chi connectivity index (χ3v) is 3.78. The van der Waals surface area contributed by atoms with Crippen LogP contribution in [0, 0.1) is 0 Å². The van der Waals surface area contributed by atoms with Crippen LogP contribution < -0.4 is 10.6 Å². The van der Waals surface area contributed by atoms with Gasteiger partial charge in [-0.2, -0.15) is 0 Å². The van der Waals surface area contributed by atoms with Gasteiger partial charge in [0.25, 0.3) is 0 Å². The number of benzene rings is 2. The fourth-order valence-electron chi connectivity index (χ4n) is 2.79. The first-order valence-electron chi connectivity index (χ1n) is 6.93. The van der Waals surface area contributed by atoms with Crippen LogP contribution in [0.3, 0.4) is 0 Å². The Labute approximate surface area is 117 Å². The highest BCUT2D eigenvalue weighted by atomic mass is 15.1. The number of hydrogen-bond donors (Lipinski definition) is 3. The minimum Gasteiger partial charge on any atom is -0.325 e. The maximum atomic E-state index is 4.57. The van der Waals surface area contributed by atoms with Gasteiger partial charge in [-0.3, -0.25) is 0 Å². The van der Waals surface area contributed by atoms with Crippen LogP contribution in [0.2, 0.25) is 0 Å². The summed E-state index contributed by atoms with van der Waals surface area (Å²) in [6.45, 7) is 1.98. The number of aromatic nitrogens is 2. The predicted molar refractivity (Wildman–Crippen MR) is 81.2 cm³/mol. The molecule has 0 fully saturated rings. The van der Waals surface area contributed by atoms with Gasteiger partial charge in [0.2, 0.25) is 5.95 Å². The first-order chi connectivity index (χ1) is 9.90. The van der Waals surface area contributed by atoms with Crippen LogP contribution >= 0.6 is 0 Å². The van der Waals surface area contributed by atoms with Gasteiger partial charge in [-0.15, -0.1) is 0 Å². The molecule has 1 aromatic heterocycles. The zero-order valence-electron chi connectivity index (χ0n) is 11.1. The molecule has 0 spiro atoms. The standard InChI is InChI=1S/C16H16N4/c1-2-6-15-14(5-1)19-16(20-15)18-13-7-3-4-11-10-17-9-8-12(11)13/h1-7,17H,8-10H2,(H2,18,19,20). The highest BCUT2D eigenvalue weighted by Gasteiger charge is 2.13. The Morgan fingerprint density at radius 3 is 2.95 bits per heavy atom. The van der Waals surface area contributed by atoms with Crippen molar-refractivity contribution < 1.29 is 0 Å². The molecule has 1 aliphatic heterocycles. The number of anilines is 2. The lowest BCUT2D eigenvalue weighted by Crippen LogP contribution is -2.24. The van der Waals surface area contributed by atoms with Crippen molar-refractivity contribution in [2.45, 2.75) is 13.0 Å². The molecule has 1 aliphatic rings. The molecule has 0 saturated carbocycles. The molecule has 0 atom stereocenters. The Hall–Kier alpha value is -2.33. The van der Waals surface area contributed by atoms with Gasteiger partial charge >= 0.3 is 0 Å². The molecule has 20 heavy (non-hydrogen) atoms. The normalized spacial score (nSPS) is 14.2. The Balaban J connectivity index is 1.72. The van der Waals surface area contributed by atoms with Crippen molar-refractivity contribution in [3.8, 4) is 0 Å². The minimum absolute atomic E-state index is 0.804. The second kappa shape index (κ2) is 4.65. The number of hydrogen-bond acceptors (Lipinski definition) is 3. The second-order valence-electron chi connectivity index (χ2n) is 5.10. The molecule has 2 heterocycles. The average molecular weight is 264 g/mol. The predicted octanol–water partition coefficient (Wildman–Crippen LogP) is 2.95. The summed E-state index contributed by atoms with van der Waals surface area (Å²) in [6.07, 6.45) is 1.05. The summed E-state index contributed by atoms with van der Waals surface area (Å²) in [6, 6.07) is 14.5. The van der Waals surface area contributed by atoms with Crippen LogP contribution in [0.15, 0.2) is 42.5 Å². The number of nitrogens with zero attached hydrogens (tertiary/aromatic N) is 1. The lowest BCUT2D eigenvalue weighted by atomic mass is 9.99. The number of para-hydroxylation sites is 2. The largest absolute Gasteiger partial charge is 0.325 e. The molecular formula is C16H16N4. The topological polar surface area (TPSA) is 52.7 Å². The van der Waals surface area contributed by atoms with Crippen LogP contribution in [0.4, 0.5) is 11.6 Å². The summed E-state index contributed by atoms with van der Waals surface area (Å²) in [5, 5.41) is 6.83. The summed E-state index contributed by atoms with van der Waals surface area (Å²) in [5.74, 6) is 0.804. The van der Waals surface area contributed by atoms with E-state index in [1.54, 1.807) is 0 Å². The van der Waals surface area contributed by atoms with E-state index < -0.39 is 0 Å². The Morgan fingerprint density at radius 1 is 1.05 bits per heavy atom. The molecule has 2 aromatic carbocycles. The number of fused-ring (bicyclic) bond motifs is 2. The van der Waals surface area contributed by atoms with Crippen LogP contribution in [-0.4, -0.2) is 16.5 Å². The summed E-state index contributed by atoms with van der Waals surface area (Å²) in [5.41, 5.74) is 5.97. The van der Waals surface area contributed by atoms with Crippen molar-refractivity contribution in [3.63, 3.8) is 0 Å². The Bertz CT molecular complexity index is 727. The smallest absolute Gasteiger partial charge is 0.205 e. The maximum Gasteiger partial charge on any atom is 0.205 e. The van der Waals surface area contributed by atoms with Crippen LogP contribution in [-0.2, 0) is 13.0 Å². The molecule has 4 heteroatoms. The fraction of sp³-hybridized carbons (Fsp3) is 0.188. The molecule has 0 amide bonds. The number of imidazole rings is 1. The first-order valence-corrected chi connectivity index (χ1v) is 6.93. The molecule has 3 N–H and O–H groups in total.